The van der Waals surface area contributed by atoms with Gasteiger partial charge < -0.3 is 25.9 Å². The minimum Gasteiger partial charge on any atom is -0.630 e. The van der Waals surface area contributed by atoms with Crippen molar-refractivity contribution >= 4 is 11.4 Å². The zero-order chi connectivity index (χ0) is 12.8. The van der Waals surface area contributed by atoms with Gasteiger partial charge in [0.15, 0.2) is 5.69 Å². The van der Waals surface area contributed by atoms with Gasteiger partial charge in [-0.2, -0.15) is 0 Å². The molecule has 100 valence electrons. The first-order valence-electron chi connectivity index (χ1n) is 6.07. The van der Waals surface area contributed by atoms with Crippen LogP contribution in [-0.4, -0.2) is 44.4 Å². The highest BCUT2D eigenvalue weighted by molar-refractivity contribution is 5.59. The Hall–Kier alpha value is -1.34. The van der Waals surface area contributed by atoms with Crippen molar-refractivity contribution in [3.63, 3.8) is 0 Å². The zero-order valence-electron chi connectivity index (χ0n) is 10.3. The van der Waals surface area contributed by atoms with Crippen LogP contribution < -0.4 is 16.0 Å². The zero-order valence-corrected chi connectivity index (χ0v) is 10.3. The van der Waals surface area contributed by atoms with Gasteiger partial charge in [-0.05, 0) is 12.1 Å². The number of anilines is 1. The van der Waals surface area contributed by atoms with E-state index < -0.39 is 0 Å². The van der Waals surface area contributed by atoms with Crippen LogP contribution in [0.3, 0.4) is 0 Å². The second-order valence-corrected chi connectivity index (χ2v) is 4.21. The summed E-state index contributed by atoms with van der Waals surface area (Å²) in [6.45, 7) is 4.94. The number of benzene rings is 1. The van der Waals surface area contributed by atoms with Crippen molar-refractivity contribution in [2.24, 2.45) is 0 Å². The van der Waals surface area contributed by atoms with Crippen LogP contribution in [0.15, 0.2) is 18.2 Å². The Labute approximate surface area is 106 Å². The normalized spacial score (nSPS) is 16.7. The Morgan fingerprint density at radius 2 is 2.17 bits per heavy atom. The van der Waals surface area contributed by atoms with Crippen molar-refractivity contribution in [2.75, 3.05) is 45.2 Å². The van der Waals surface area contributed by atoms with Gasteiger partial charge in [0.25, 0.3) is 0 Å². The van der Waals surface area contributed by atoms with Crippen LogP contribution in [0.5, 0.6) is 5.75 Å². The van der Waals surface area contributed by atoms with Gasteiger partial charge in [0.2, 0.25) is 0 Å². The fourth-order valence-corrected chi connectivity index (χ4v) is 1.86. The number of nitrogen functional groups attached to an aromatic ring is 1. The maximum Gasteiger partial charge on any atom is 0.156 e. The molecule has 18 heavy (non-hydrogen) atoms. The lowest BCUT2D eigenvalue weighted by Crippen LogP contribution is -2.70. The van der Waals surface area contributed by atoms with Gasteiger partial charge in [-0.1, -0.05) is 0 Å². The largest absolute Gasteiger partial charge is 0.630 e. The summed E-state index contributed by atoms with van der Waals surface area (Å²) in [6.07, 6.45) is 0. The van der Waals surface area contributed by atoms with E-state index in [9.17, 15) is 5.21 Å². The Bertz CT molecular complexity index is 381. The molecule has 1 aromatic rings. The first kappa shape index (κ1) is 13.1. The molecule has 0 unspecified atom stereocenters. The van der Waals surface area contributed by atoms with Gasteiger partial charge in [-0.15, -0.1) is 0 Å². The Kier molecular flexibility index (Phi) is 4.77. The quantitative estimate of drug-likeness (QED) is 0.554. The van der Waals surface area contributed by atoms with E-state index in [0.29, 0.717) is 23.7 Å². The predicted molar refractivity (Wildman–Crippen MR) is 68.6 cm³/mol. The Morgan fingerprint density at radius 3 is 2.89 bits per heavy atom. The third kappa shape index (κ3) is 3.58. The van der Waals surface area contributed by atoms with Gasteiger partial charge in [0.1, 0.15) is 12.4 Å². The lowest BCUT2D eigenvalue weighted by molar-refractivity contribution is -0.496. The van der Waals surface area contributed by atoms with Crippen LogP contribution in [0, 0.1) is 5.21 Å². The van der Waals surface area contributed by atoms with Crippen LogP contribution in [-0.2, 0) is 4.74 Å². The standard InChI is InChI=1S/C12H19N3O3/c13-11-2-1-10(9-12(11)14-16)18-8-5-15-3-6-17-7-4-15/h1-2,9H,3-8,13-14H2. The number of ether oxygens (including phenoxy) is 2. The molecule has 1 aromatic carbocycles. The summed E-state index contributed by atoms with van der Waals surface area (Å²) in [7, 11) is 0. The lowest BCUT2D eigenvalue weighted by atomic mass is 10.2. The van der Waals surface area contributed by atoms with E-state index in [0.717, 1.165) is 38.3 Å². The molecule has 0 spiro atoms. The minimum atomic E-state index is 0.471. The highest BCUT2D eigenvalue weighted by Gasteiger charge is 2.10. The van der Waals surface area contributed by atoms with E-state index in [1.165, 1.54) is 0 Å². The Morgan fingerprint density at radius 1 is 1.39 bits per heavy atom. The summed E-state index contributed by atoms with van der Waals surface area (Å²) in [6, 6.07) is 5.14. The minimum absolute atomic E-state index is 0.471. The number of nitrogens with zero attached hydrogens (tertiary/aromatic N) is 1. The van der Waals surface area contributed by atoms with Crippen molar-refractivity contribution in [1.82, 2.24) is 4.90 Å². The fraction of sp³-hybridized carbons (Fsp3) is 0.500. The molecule has 0 atom stereocenters. The van der Waals surface area contributed by atoms with Crippen molar-refractivity contribution in [1.29, 1.82) is 0 Å². The summed E-state index contributed by atoms with van der Waals surface area (Å²) in [4.78, 5) is 2.29. The lowest BCUT2D eigenvalue weighted by Gasteiger charge is -2.26. The second-order valence-electron chi connectivity index (χ2n) is 4.21. The molecule has 2 rings (SSSR count). The van der Waals surface area contributed by atoms with Crippen LogP contribution in [0.25, 0.3) is 0 Å². The molecule has 1 fully saturated rings. The molecule has 0 aliphatic carbocycles. The number of quaternary nitrogens is 1. The van der Waals surface area contributed by atoms with Gasteiger partial charge >= 0.3 is 0 Å². The molecule has 6 heteroatoms. The second kappa shape index (κ2) is 6.55. The topological polar surface area (TPSA) is 87.4 Å². The third-order valence-electron chi connectivity index (χ3n) is 2.97. The summed E-state index contributed by atoms with van der Waals surface area (Å²) in [5, 5.41) is 10.7. The van der Waals surface area contributed by atoms with Crippen LogP contribution >= 0.6 is 0 Å². The van der Waals surface area contributed by atoms with Crippen molar-refractivity contribution in [2.45, 2.75) is 0 Å². The van der Waals surface area contributed by atoms with Crippen molar-refractivity contribution in [3.8, 4) is 5.75 Å². The van der Waals surface area contributed by atoms with E-state index in [4.69, 9.17) is 15.2 Å². The molecule has 0 bridgehead atoms. The fourth-order valence-electron chi connectivity index (χ4n) is 1.86. The molecule has 1 saturated heterocycles. The molecular formula is C12H19N3O3. The monoisotopic (exact) mass is 253 g/mol. The number of nitrogens with two attached hydrogens (primary N) is 2. The van der Waals surface area contributed by atoms with E-state index >= 15 is 0 Å². The van der Waals surface area contributed by atoms with Gasteiger partial charge in [0.05, 0.1) is 18.9 Å². The first-order valence-corrected chi connectivity index (χ1v) is 6.07. The number of hydrogen-bond acceptors (Lipinski definition) is 5. The molecular weight excluding hydrogens is 234 g/mol. The molecule has 1 heterocycles. The molecule has 0 amide bonds. The first-order chi connectivity index (χ1) is 8.79. The van der Waals surface area contributed by atoms with Crippen LogP contribution in [0.1, 0.15) is 0 Å². The van der Waals surface area contributed by atoms with E-state index in [2.05, 4.69) is 4.90 Å². The molecule has 1 aliphatic heterocycles. The highest BCUT2D eigenvalue weighted by Crippen LogP contribution is 2.20. The summed E-state index contributed by atoms with van der Waals surface area (Å²) < 4.78 is 10.9. The number of rotatable bonds is 5. The van der Waals surface area contributed by atoms with Gasteiger partial charge in [0, 0.05) is 25.7 Å². The van der Waals surface area contributed by atoms with Gasteiger partial charge in [-0.25, -0.2) is 0 Å². The summed E-state index contributed by atoms with van der Waals surface area (Å²) in [5.74, 6) is 0.680. The predicted octanol–water partition coefficient (Wildman–Crippen LogP) is -0.327. The van der Waals surface area contributed by atoms with E-state index in [1.54, 1.807) is 18.2 Å². The number of hydrogen-bond donors (Lipinski definition) is 2. The van der Waals surface area contributed by atoms with Crippen LogP contribution in [0.2, 0.25) is 0 Å². The average Bonchev–Trinajstić information content (AvgIpc) is 2.42. The maximum absolute atomic E-state index is 10.7. The molecule has 0 radical (unpaired) electrons. The van der Waals surface area contributed by atoms with E-state index in [-0.39, 0.29) is 0 Å². The third-order valence-corrected chi connectivity index (χ3v) is 2.97. The van der Waals surface area contributed by atoms with Crippen molar-refractivity contribution in [3.05, 3.63) is 23.4 Å². The van der Waals surface area contributed by atoms with E-state index in [1.807, 2.05) is 0 Å². The smallest absolute Gasteiger partial charge is 0.156 e. The van der Waals surface area contributed by atoms with Crippen LogP contribution in [0.4, 0.5) is 11.4 Å². The molecule has 0 saturated carbocycles. The molecule has 0 aromatic heterocycles. The summed E-state index contributed by atoms with van der Waals surface area (Å²) in [5.41, 5.74) is 7.33. The maximum atomic E-state index is 10.7. The van der Waals surface area contributed by atoms with Crippen molar-refractivity contribution < 1.29 is 15.0 Å². The Balaban J connectivity index is 1.79. The number of morpholine rings is 1. The molecule has 1 aliphatic rings. The average molecular weight is 253 g/mol. The van der Waals surface area contributed by atoms with Gasteiger partial charge in [-0.3, -0.25) is 4.90 Å². The molecule has 4 N–H and O–H groups in total. The SMILES string of the molecule is Nc1ccc(OCCN2CCOCC2)cc1[NH2+][O-]. The highest BCUT2D eigenvalue weighted by atomic mass is 16.5. The molecule has 6 nitrogen and oxygen atoms in total. The summed E-state index contributed by atoms with van der Waals surface area (Å²) >= 11 is 0.